The molecule has 1 aromatic carbocycles. The second-order valence-corrected chi connectivity index (χ2v) is 5.45. The molecule has 1 fully saturated rings. The smallest absolute Gasteiger partial charge is 0.224 e. The highest BCUT2D eigenvalue weighted by Gasteiger charge is 2.12. The SMILES string of the molecule is CC(=O)[C@@H](N)CCC(=O)Nc1ccc(N2CCOCC2)cc1. The van der Waals surface area contributed by atoms with E-state index in [4.69, 9.17) is 10.5 Å². The minimum absolute atomic E-state index is 0.0948. The number of carbonyl (C=O) groups excluding carboxylic acids is 2. The molecule has 1 amide bonds. The van der Waals surface area contributed by atoms with E-state index >= 15 is 0 Å². The Morgan fingerprint density at radius 1 is 1.27 bits per heavy atom. The highest BCUT2D eigenvalue weighted by molar-refractivity contribution is 5.91. The first-order chi connectivity index (χ1) is 10.6. The van der Waals surface area contributed by atoms with Gasteiger partial charge in [0.1, 0.15) is 5.78 Å². The lowest BCUT2D eigenvalue weighted by Gasteiger charge is -2.28. The lowest BCUT2D eigenvalue weighted by molar-refractivity contribution is -0.119. The molecule has 1 atom stereocenters. The first kappa shape index (κ1) is 16.5. The molecular formula is C16H23N3O3. The molecule has 1 heterocycles. The number of nitrogens with zero attached hydrogens (tertiary/aromatic N) is 1. The average molecular weight is 305 g/mol. The van der Waals surface area contributed by atoms with Gasteiger partial charge in [-0.1, -0.05) is 0 Å². The monoisotopic (exact) mass is 305 g/mol. The van der Waals surface area contributed by atoms with Crippen molar-refractivity contribution in [3.05, 3.63) is 24.3 Å². The summed E-state index contributed by atoms with van der Waals surface area (Å²) in [6.45, 7) is 4.69. The molecule has 0 aliphatic carbocycles. The van der Waals surface area contributed by atoms with E-state index < -0.39 is 6.04 Å². The van der Waals surface area contributed by atoms with Gasteiger partial charge in [-0.2, -0.15) is 0 Å². The van der Waals surface area contributed by atoms with Gasteiger partial charge in [-0.15, -0.1) is 0 Å². The van der Waals surface area contributed by atoms with E-state index in [9.17, 15) is 9.59 Å². The molecule has 22 heavy (non-hydrogen) atoms. The van der Waals surface area contributed by atoms with E-state index in [1.807, 2.05) is 24.3 Å². The first-order valence-corrected chi connectivity index (χ1v) is 7.55. The second kappa shape index (κ2) is 7.91. The van der Waals surface area contributed by atoms with Crippen LogP contribution >= 0.6 is 0 Å². The largest absolute Gasteiger partial charge is 0.378 e. The van der Waals surface area contributed by atoms with Crippen LogP contribution in [0.15, 0.2) is 24.3 Å². The number of hydrogen-bond donors (Lipinski definition) is 2. The van der Waals surface area contributed by atoms with Gasteiger partial charge in [-0.25, -0.2) is 0 Å². The Morgan fingerprint density at radius 3 is 2.50 bits per heavy atom. The zero-order chi connectivity index (χ0) is 15.9. The van der Waals surface area contributed by atoms with Crippen LogP contribution in [0, 0.1) is 0 Å². The van der Waals surface area contributed by atoms with Gasteiger partial charge in [0.05, 0.1) is 19.3 Å². The molecule has 2 rings (SSSR count). The molecule has 6 nitrogen and oxygen atoms in total. The predicted molar refractivity (Wildman–Crippen MR) is 86.0 cm³/mol. The number of nitrogens with one attached hydrogen (secondary N) is 1. The topological polar surface area (TPSA) is 84.7 Å². The summed E-state index contributed by atoms with van der Waals surface area (Å²) in [5.74, 6) is -0.224. The number of rotatable bonds is 6. The van der Waals surface area contributed by atoms with Crippen molar-refractivity contribution in [3.63, 3.8) is 0 Å². The molecule has 3 N–H and O–H groups in total. The number of Topliss-reactive ketones (excluding diaryl/α,β-unsaturated/α-hetero) is 1. The molecular weight excluding hydrogens is 282 g/mol. The third-order valence-electron chi connectivity index (χ3n) is 3.73. The summed E-state index contributed by atoms with van der Waals surface area (Å²) in [6, 6.07) is 7.18. The fourth-order valence-electron chi connectivity index (χ4n) is 2.29. The molecule has 6 heteroatoms. The maximum absolute atomic E-state index is 11.8. The summed E-state index contributed by atoms with van der Waals surface area (Å²) in [7, 11) is 0. The second-order valence-electron chi connectivity index (χ2n) is 5.45. The van der Waals surface area contributed by atoms with Gasteiger partial charge in [0.25, 0.3) is 0 Å². The normalized spacial score (nSPS) is 16.2. The molecule has 120 valence electrons. The Balaban J connectivity index is 1.82. The van der Waals surface area contributed by atoms with Gasteiger partial charge in [0, 0.05) is 30.9 Å². The lowest BCUT2D eigenvalue weighted by Crippen LogP contribution is -2.36. The van der Waals surface area contributed by atoms with Crippen LogP contribution < -0.4 is 16.0 Å². The quantitative estimate of drug-likeness (QED) is 0.824. The minimum atomic E-state index is -0.561. The Kier molecular flexibility index (Phi) is 5.91. The minimum Gasteiger partial charge on any atom is -0.378 e. The molecule has 1 saturated heterocycles. The fourth-order valence-corrected chi connectivity index (χ4v) is 2.29. The number of carbonyl (C=O) groups is 2. The van der Waals surface area contributed by atoms with Gasteiger partial charge in [-0.05, 0) is 37.6 Å². The highest BCUT2D eigenvalue weighted by Crippen LogP contribution is 2.19. The van der Waals surface area contributed by atoms with Crippen molar-refractivity contribution in [1.82, 2.24) is 0 Å². The van der Waals surface area contributed by atoms with E-state index in [1.54, 1.807) is 0 Å². The molecule has 1 aliphatic rings. The van der Waals surface area contributed by atoms with E-state index in [0.717, 1.165) is 37.7 Å². The number of anilines is 2. The average Bonchev–Trinajstić information content (AvgIpc) is 2.54. The van der Waals surface area contributed by atoms with Crippen molar-refractivity contribution in [1.29, 1.82) is 0 Å². The van der Waals surface area contributed by atoms with E-state index in [2.05, 4.69) is 10.2 Å². The zero-order valence-electron chi connectivity index (χ0n) is 12.9. The summed E-state index contributed by atoms with van der Waals surface area (Å²) in [5.41, 5.74) is 7.49. The predicted octanol–water partition coefficient (Wildman–Crippen LogP) is 1.16. The third kappa shape index (κ3) is 4.82. The van der Waals surface area contributed by atoms with Crippen molar-refractivity contribution >= 4 is 23.1 Å². The van der Waals surface area contributed by atoms with Crippen LogP contribution in [0.2, 0.25) is 0 Å². The number of benzene rings is 1. The number of morpholine rings is 1. The van der Waals surface area contributed by atoms with Crippen LogP contribution in [-0.4, -0.2) is 44.0 Å². The molecule has 0 unspecified atom stereocenters. The zero-order valence-corrected chi connectivity index (χ0v) is 12.9. The van der Waals surface area contributed by atoms with Crippen LogP contribution in [0.3, 0.4) is 0 Å². The van der Waals surface area contributed by atoms with Crippen LogP contribution in [0.4, 0.5) is 11.4 Å². The molecule has 0 spiro atoms. The molecule has 1 aliphatic heterocycles. The maximum Gasteiger partial charge on any atom is 0.224 e. The molecule has 0 radical (unpaired) electrons. The van der Waals surface area contributed by atoms with Crippen molar-refractivity contribution in [2.45, 2.75) is 25.8 Å². The lowest BCUT2D eigenvalue weighted by atomic mass is 10.1. The van der Waals surface area contributed by atoms with E-state index in [-0.39, 0.29) is 18.1 Å². The Labute approximate surface area is 130 Å². The number of nitrogens with two attached hydrogens (primary N) is 1. The molecule has 0 saturated carbocycles. The first-order valence-electron chi connectivity index (χ1n) is 7.55. The van der Waals surface area contributed by atoms with Gasteiger partial charge < -0.3 is 20.7 Å². The van der Waals surface area contributed by atoms with Crippen molar-refractivity contribution in [2.75, 3.05) is 36.5 Å². The molecule has 0 bridgehead atoms. The fraction of sp³-hybridized carbons (Fsp3) is 0.500. The van der Waals surface area contributed by atoms with Crippen molar-refractivity contribution < 1.29 is 14.3 Å². The molecule has 1 aromatic rings. The van der Waals surface area contributed by atoms with Crippen LogP contribution in [0.25, 0.3) is 0 Å². The summed E-state index contributed by atoms with van der Waals surface area (Å²) in [6.07, 6.45) is 0.610. The van der Waals surface area contributed by atoms with Gasteiger partial charge in [0.2, 0.25) is 5.91 Å². The van der Waals surface area contributed by atoms with Crippen molar-refractivity contribution in [2.24, 2.45) is 5.73 Å². The van der Waals surface area contributed by atoms with Gasteiger partial charge >= 0.3 is 0 Å². The van der Waals surface area contributed by atoms with Gasteiger partial charge in [-0.3, -0.25) is 9.59 Å². The summed E-state index contributed by atoms with van der Waals surface area (Å²) in [5, 5.41) is 2.82. The Hall–Kier alpha value is -1.92. The third-order valence-corrected chi connectivity index (χ3v) is 3.73. The van der Waals surface area contributed by atoms with Crippen molar-refractivity contribution in [3.8, 4) is 0 Å². The summed E-state index contributed by atoms with van der Waals surface area (Å²) in [4.78, 5) is 25.1. The Morgan fingerprint density at radius 2 is 1.91 bits per heavy atom. The van der Waals surface area contributed by atoms with Gasteiger partial charge in [0.15, 0.2) is 0 Å². The Bertz CT molecular complexity index is 510. The highest BCUT2D eigenvalue weighted by atomic mass is 16.5. The summed E-state index contributed by atoms with van der Waals surface area (Å²) >= 11 is 0. The number of ketones is 1. The van der Waals surface area contributed by atoms with Crippen LogP contribution in [-0.2, 0) is 14.3 Å². The number of ether oxygens (including phenoxy) is 1. The number of hydrogen-bond acceptors (Lipinski definition) is 5. The van der Waals surface area contributed by atoms with E-state index in [1.165, 1.54) is 6.92 Å². The summed E-state index contributed by atoms with van der Waals surface area (Å²) < 4.78 is 5.33. The van der Waals surface area contributed by atoms with Crippen LogP contribution in [0.1, 0.15) is 19.8 Å². The van der Waals surface area contributed by atoms with E-state index in [0.29, 0.717) is 6.42 Å². The van der Waals surface area contributed by atoms with Crippen LogP contribution in [0.5, 0.6) is 0 Å². The molecule has 0 aromatic heterocycles. The standard InChI is InChI=1S/C16H23N3O3/c1-12(20)15(17)6-7-16(21)18-13-2-4-14(5-3-13)19-8-10-22-11-9-19/h2-5,15H,6-11,17H2,1H3,(H,18,21)/t15-/m0/s1. The maximum atomic E-state index is 11.8. The number of amides is 1.